The van der Waals surface area contributed by atoms with Gasteiger partial charge >= 0.3 is 0 Å². The lowest BCUT2D eigenvalue weighted by atomic mass is 10.0. The van der Waals surface area contributed by atoms with Crippen molar-refractivity contribution in [3.05, 3.63) is 71.3 Å². The molecule has 0 saturated heterocycles. The number of hydrogen-bond donors (Lipinski definition) is 0. The van der Waals surface area contributed by atoms with Gasteiger partial charge in [-0.05, 0) is 26.8 Å². The molecular weight excluding hydrogens is 258 g/mol. The van der Waals surface area contributed by atoms with Crippen LogP contribution in [0.25, 0.3) is 0 Å². The topological polar surface area (TPSA) is 25.2 Å². The maximum atomic E-state index is 4.36. The summed E-state index contributed by atoms with van der Waals surface area (Å²) in [5.74, 6) is 0. The van der Waals surface area contributed by atoms with Crippen molar-refractivity contribution in [2.45, 2.75) is 27.3 Å². The lowest BCUT2D eigenvalue weighted by Crippen LogP contribution is -2.41. The van der Waals surface area contributed by atoms with Crippen LogP contribution in [-0.2, 0) is 6.54 Å². The Morgan fingerprint density at radius 3 is 2.43 bits per heavy atom. The van der Waals surface area contributed by atoms with Crippen molar-refractivity contribution >= 4 is 12.0 Å². The van der Waals surface area contributed by atoms with E-state index in [2.05, 4.69) is 55.1 Å². The number of hydrogen-bond acceptors (Lipinski definition) is 2. The average molecular weight is 278 g/mol. The molecule has 1 aromatic carbocycles. The van der Waals surface area contributed by atoms with Gasteiger partial charge in [-0.3, -0.25) is 4.98 Å². The Balaban J connectivity index is 2.11. The molecule has 1 aliphatic heterocycles. The second-order valence-electron chi connectivity index (χ2n) is 5.76. The Hall–Kier alpha value is -2.26. The fourth-order valence-corrected chi connectivity index (χ4v) is 3.28. The minimum absolute atomic E-state index is 0.629. The summed E-state index contributed by atoms with van der Waals surface area (Å²) in [4.78, 5) is 8.59. The van der Waals surface area contributed by atoms with Crippen LogP contribution in [0.1, 0.15) is 22.3 Å². The third-order valence-corrected chi connectivity index (χ3v) is 3.91. The third-order valence-electron chi connectivity index (χ3n) is 3.91. The minimum Gasteiger partial charge on any atom is -0.264 e. The summed E-state index contributed by atoms with van der Waals surface area (Å²) < 4.78 is 0.629. The van der Waals surface area contributed by atoms with Crippen molar-refractivity contribution in [2.24, 2.45) is 4.99 Å². The van der Waals surface area contributed by atoms with Gasteiger partial charge in [0.05, 0.1) is 6.20 Å². The number of pyridine rings is 1. The molecule has 1 atom stereocenters. The van der Waals surface area contributed by atoms with Gasteiger partial charge in [0.1, 0.15) is 18.4 Å². The highest BCUT2D eigenvalue weighted by Gasteiger charge is 2.33. The molecule has 0 aliphatic carbocycles. The summed E-state index contributed by atoms with van der Waals surface area (Å²) in [7, 11) is 0. The molecule has 3 rings (SSSR count). The number of rotatable bonds is 3. The Bertz CT molecular complexity index is 679. The predicted molar refractivity (Wildman–Crippen MR) is 88.0 cm³/mol. The Kier molecular flexibility index (Phi) is 3.43. The minimum atomic E-state index is 0.629. The number of benzene rings is 1. The molecule has 0 spiro atoms. The third kappa shape index (κ3) is 2.52. The first-order valence-electron chi connectivity index (χ1n) is 7.17. The summed E-state index contributed by atoms with van der Waals surface area (Å²) in [5.41, 5.74) is 6.41. The number of aromatic nitrogens is 1. The van der Waals surface area contributed by atoms with E-state index >= 15 is 0 Å². The van der Waals surface area contributed by atoms with Crippen LogP contribution in [-0.4, -0.2) is 11.3 Å². The molecule has 0 fully saturated rings. The largest absolute Gasteiger partial charge is 0.264 e. The fraction of sp³-hybridized carbons (Fsp3) is 0.222. The van der Waals surface area contributed by atoms with Gasteiger partial charge in [-0.1, -0.05) is 23.8 Å². The summed E-state index contributed by atoms with van der Waals surface area (Å²) in [6.45, 7) is 7.33. The lowest BCUT2D eigenvalue weighted by Gasteiger charge is -2.30. The molecule has 1 unspecified atom stereocenters. The molecular formula is C18H20N3+. The highest BCUT2D eigenvalue weighted by Crippen LogP contribution is 2.35. The van der Waals surface area contributed by atoms with Gasteiger partial charge in [0.2, 0.25) is 0 Å². The van der Waals surface area contributed by atoms with Gasteiger partial charge in [0, 0.05) is 29.1 Å². The number of quaternary nitrogens is 1. The first kappa shape index (κ1) is 13.7. The van der Waals surface area contributed by atoms with Crippen LogP contribution >= 0.6 is 0 Å². The second kappa shape index (κ2) is 5.26. The normalized spacial score (nSPS) is 20.1. The molecule has 3 heteroatoms. The summed E-state index contributed by atoms with van der Waals surface area (Å²) in [6, 6.07) is 8.58. The highest BCUT2D eigenvalue weighted by molar-refractivity contribution is 5.81. The Morgan fingerprint density at radius 1 is 1.10 bits per heavy atom. The fourth-order valence-electron chi connectivity index (χ4n) is 3.28. The predicted octanol–water partition coefficient (Wildman–Crippen LogP) is 4.03. The molecule has 3 nitrogen and oxygen atoms in total. The van der Waals surface area contributed by atoms with Gasteiger partial charge in [0.15, 0.2) is 6.34 Å². The summed E-state index contributed by atoms with van der Waals surface area (Å²) >= 11 is 0. The lowest BCUT2D eigenvalue weighted by molar-refractivity contribution is 0.548. The molecule has 0 bridgehead atoms. The summed E-state index contributed by atoms with van der Waals surface area (Å²) in [6.07, 6.45) is 9.79. The van der Waals surface area contributed by atoms with E-state index in [-0.39, 0.29) is 0 Å². The van der Waals surface area contributed by atoms with E-state index in [1.807, 2.05) is 31.0 Å². The molecule has 0 radical (unpaired) electrons. The molecule has 0 saturated carbocycles. The van der Waals surface area contributed by atoms with E-state index in [4.69, 9.17) is 0 Å². The SMILES string of the molecule is Cc1cc(C)c([N+]2(Cc3cccnc3)C=CN=C2)c(C)c1. The van der Waals surface area contributed by atoms with Crippen LogP contribution in [0.2, 0.25) is 0 Å². The molecule has 2 aromatic rings. The monoisotopic (exact) mass is 278 g/mol. The van der Waals surface area contributed by atoms with Crippen molar-refractivity contribution in [2.75, 3.05) is 0 Å². The molecule has 2 heterocycles. The quantitative estimate of drug-likeness (QED) is 0.778. The van der Waals surface area contributed by atoms with Crippen molar-refractivity contribution in [1.82, 2.24) is 9.47 Å². The number of aryl methyl sites for hydroxylation is 3. The van der Waals surface area contributed by atoms with Gasteiger partial charge in [-0.15, -0.1) is 0 Å². The van der Waals surface area contributed by atoms with E-state index in [1.54, 1.807) is 0 Å². The molecule has 0 N–H and O–H groups in total. The van der Waals surface area contributed by atoms with Gasteiger partial charge in [-0.25, -0.2) is 9.48 Å². The Labute approximate surface area is 125 Å². The average Bonchev–Trinajstić information content (AvgIpc) is 2.87. The molecule has 106 valence electrons. The van der Waals surface area contributed by atoms with E-state index in [0.29, 0.717) is 4.48 Å². The summed E-state index contributed by atoms with van der Waals surface area (Å²) in [5, 5.41) is 0. The number of aliphatic imine (C=N–C) groups is 1. The van der Waals surface area contributed by atoms with Crippen molar-refractivity contribution in [3.63, 3.8) is 0 Å². The van der Waals surface area contributed by atoms with Gasteiger partial charge in [0.25, 0.3) is 0 Å². The van der Waals surface area contributed by atoms with E-state index in [9.17, 15) is 0 Å². The van der Waals surface area contributed by atoms with Crippen LogP contribution < -0.4 is 4.48 Å². The second-order valence-corrected chi connectivity index (χ2v) is 5.76. The van der Waals surface area contributed by atoms with E-state index < -0.39 is 0 Å². The molecule has 0 amide bonds. The Morgan fingerprint density at radius 2 is 1.86 bits per heavy atom. The van der Waals surface area contributed by atoms with Crippen LogP contribution in [0.3, 0.4) is 0 Å². The first-order valence-corrected chi connectivity index (χ1v) is 7.17. The van der Waals surface area contributed by atoms with Gasteiger partial charge < -0.3 is 0 Å². The van der Waals surface area contributed by atoms with Crippen molar-refractivity contribution in [1.29, 1.82) is 0 Å². The van der Waals surface area contributed by atoms with Crippen molar-refractivity contribution < 1.29 is 0 Å². The van der Waals surface area contributed by atoms with E-state index in [1.165, 1.54) is 27.9 Å². The van der Waals surface area contributed by atoms with Gasteiger partial charge in [-0.2, -0.15) is 0 Å². The van der Waals surface area contributed by atoms with Crippen molar-refractivity contribution in [3.8, 4) is 0 Å². The zero-order valence-corrected chi connectivity index (χ0v) is 12.7. The number of nitrogens with zero attached hydrogens (tertiary/aromatic N) is 3. The van der Waals surface area contributed by atoms with Crippen LogP contribution in [0.4, 0.5) is 5.69 Å². The maximum Gasteiger partial charge on any atom is 0.200 e. The molecule has 1 aromatic heterocycles. The molecule has 1 aliphatic rings. The highest BCUT2D eigenvalue weighted by atomic mass is 15.4. The zero-order chi connectivity index (χ0) is 14.9. The zero-order valence-electron chi connectivity index (χ0n) is 12.7. The molecule has 21 heavy (non-hydrogen) atoms. The smallest absolute Gasteiger partial charge is 0.200 e. The van der Waals surface area contributed by atoms with Crippen LogP contribution in [0.15, 0.2) is 54.1 Å². The maximum absolute atomic E-state index is 4.36. The standard InChI is InChI=1S/C18H20N3/c1-14-9-15(2)18(16(3)10-14)21(8-7-20-13-21)12-17-5-4-6-19-11-17/h4-11,13H,12H2,1-3H3/q+1. The van der Waals surface area contributed by atoms with Crippen LogP contribution in [0, 0.1) is 20.8 Å². The van der Waals surface area contributed by atoms with E-state index in [0.717, 1.165) is 6.54 Å². The first-order chi connectivity index (χ1) is 10.1. The van der Waals surface area contributed by atoms with Crippen LogP contribution in [0.5, 0.6) is 0 Å².